The topological polar surface area (TPSA) is 143 Å². The zero-order chi connectivity index (χ0) is 33.1. The van der Waals surface area contributed by atoms with Crippen LogP contribution in [0.15, 0.2) is 6.07 Å². The third-order valence-corrected chi connectivity index (χ3v) is 10.8. The van der Waals surface area contributed by atoms with Crippen LogP contribution in [-0.2, 0) is 36.8 Å². The summed E-state index contributed by atoms with van der Waals surface area (Å²) in [6.07, 6.45) is 3.92. The van der Waals surface area contributed by atoms with Crippen LogP contribution in [-0.4, -0.2) is 50.5 Å². The van der Waals surface area contributed by atoms with Crippen LogP contribution in [0.1, 0.15) is 127 Å². The molecular formula is C36H48O8. The molecule has 6 atom stereocenters. The summed E-state index contributed by atoms with van der Waals surface area (Å²) in [5.41, 5.74) is -3.40. The van der Waals surface area contributed by atoms with E-state index in [1.54, 1.807) is 27.7 Å². The maximum atomic E-state index is 14.5. The molecule has 4 rings (SSSR count). The highest BCUT2D eigenvalue weighted by Crippen LogP contribution is 2.64. The average Bonchev–Trinajstić information content (AvgIpc) is 2.89. The first-order valence-corrected chi connectivity index (χ1v) is 16.2. The van der Waals surface area contributed by atoms with Crippen molar-refractivity contribution in [2.75, 3.05) is 0 Å². The summed E-state index contributed by atoms with van der Waals surface area (Å²) in [6.45, 7) is 14.0. The van der Waals surface area contributed by atoms with Crippen molar-refractivity contribution in [3.8, 4) is 5.75 Å². The van der Waals surface area contributed by atoms with Crippen molar-refractivity contribution in [2.24, 2.45) is 34.5 Å². The number of aromatic hydroxyl groups is 1. The maximum Gasteiger partial charge on any atom is 0.190 e. The number of benzene rings is 1. The molecule has 1 aromatic carbocycles. The van der Waals surface area contributed by atoms with Crippen LogP contribution < -0.4 is 0 Å². The first-order chi connectivity index (χ1) is 20.4. The zero-order valence-corrected chi connectivity index (χ0v) is 27.5. The maximum absolute atomic E-state index is 14.5. The smallest absolute Gasteiger partial charge is 0.190 e. The molecule has 2 fully saturated rings. The molecule has 3 unspecified atom stereocenters. The van der Waals surface area contributed by atoms with Gasteiger partial charge >= 0.3 is 0 Å². The number of hydrogen-bond donors (Lipinski definition) is 2. The van der Waals surface area contributed by atoms with Gasteiger partial charge in [0.15, 0.2) is 28.7 Å². The second kappa shape index (κ2) is 11.7. The van der Waals surface area contributed by atoms with Gasteiger partial charge in [-0.2, -0.15) is 0 Å². The average molecular weight is 609 g/mol. The fraction of sp³-hybridized carbons (Fsp3) is 0.667. The number of phenolic OH excluding ortho intramolecular Hbond substituents is 1. The number of hydrogen-bond acceptors (Lipinski definition) is 8. The monoisotopic (exact) mass is 608 g/mol. The Morgan fingerprint density at radius 2 is 1.64 bits per heavy atom. The molecule has 3 aliphatic rings. The third-order valence-electron chi connectivity index (χ3n) is 10.8. The molecule has 0 aromatic heterocycles. The highest BCUT2D eigenvalue weighted by atomic mass is 16.3. The molecule has 0 saturated heterocycles. The van der Waals surface area contributed by atoms with E-state index >= 15 is 0 Å². The van der Waals surface area contributed by atoms with Gasteiger partial charge in [-0.05, 0) is 66.5 Å². The molecule has 0 heterocycles. The van der Waals surface area contributed by atoms with Crippen LogP contribution in [0.25, 0.3) is 0 Å². The third kappa shape index (κ3) is 4.92. The Bertz CT molecular complexity index is 1440. The van der Waals surface area contributed by atoms with E-state index in [0.717, 1.165) is 31.7 Å². The quantitative estimate of drug-likeness (QED) is 0.269. The number of unbranched alkanes of at least 4 members (excludes halogenated alkanes) is 2. The molecule has 2 N–H and O–H groups in total. The molecular weight excluding hydrogens is 560 g/mol. The van der Waals surface area contributed by atoms with Gasteiger partial charge in [-0.3, -0.25) is 28.8 Å². The van der Waals surface area contributed by atoms with Gasteiger partial charge in [0.25, 0.3) is 0 Å². The highest BCUT2D eigenvalue weighted by molar-refractivity contribution is 6.32. The van der Waals surface area contributed by atoms with Crippen molar-refractivity contribution < 1.29 is 39.0 Å². The van der Waals surface area contributed by atoms with Gasteiger partial charge in [0.2, 0.25) is 0 Å². The summed E-state index contributed by atoms with van der Waals surface area (Å²) in [5, 5.41) is 23.7. The number of ketones is 6. The standard InChI is InChI=1S/C36H48O8/c1-9-10-11-12-22(38)14-13-21-15-23(18(2)3)24-16-34(7)17-35(8)27(19(4)5)30(40)25(20(6)37)32(42)36(35,44)33(43)28(34)31(41)26(24)29(21)39/h15,18-19,25,27-28,39,44H,9-14,16-17H2,1-8H3/t25?,27?,28?,34-,35-,36+/m1/s1. The lowest BCUT2D eigenvalue weighted by molar-refractivity contribution is -0.205. The number of carbonyl (C=O) groups excluding carboxylic acids is 6. The minimum Gasteiger partial charge on any atom is -0.507 e. The van der Waals surface area contributed by atoms with E-state index in [0.29, 0.717) is 17.5 Å². The summed E-state index contributed by atoms with van der Waals surface area (Å²) in [6, 6.07) is 1.86. The van der Waals surface area contributed by atoms with Crippen molar-refractivity contribution in [2.45, 2.75) is 118 Å². The lowest BCUT2D eigenvalue weighted by Crippen LogP contribution is -2.76. The van der Waals surface area contributed by atoms with Crippen LogP contribution in [0.5, 0.6) is 5.75 Å². The zero-order valence-electron chi connectivity index (χ0n) is 27.5. The largest absolute Gasteiger partial charge is 0.507 e. The fourth-order valence-electron chi connectivity index (χ4n) is 8.97. The van der Waals surface area contributed by atoms with E-state index in [-0.39, 0.29) is 48.7 Å². The Kier molecular flexibility index (Phi) is 9.04. The van der Waals surface area contributed by atoms with Crippen molar-refractivity contribution in [1.82, 2.24) is 0 Å². The summed E-state index contributed by atoms with van der Waals surface area (Å²) in [4.78, 5) is 81.6. The van der Waals surface area contributed by atoms with Crippen LogP contribution in [0.4, 0.5) is 0 Å². The molecule has 44 heavy (non-hydrogen) atoms. The Hall–Kier alpha value is -3.00. The molecule has 0 radical (unpaired) electrons. The van der Waals surface area contributed by atoms with Crippen molar-refractivity contribution in [3.05, 3.63) is 28.3 Å². The van der Waals surface area contributed by atoms with E-state index in [1.807, 2.05) is 19.9 Å². The van der Waals surface area contributed by atoms with Crippen molar-refractivity contribution in [1.29, 1.82) is 0 Å². The molecule has 8 heteroatoms. The lowest BCUT2D eigenvalue weighted by atomic mass is 9.39. The van der Waals surface area contributed by atoms with Crippen molar-refractivity contribution >= 4 is 34.7 Å². The summed E-state index contributed by atoms with van der Waals surface area (Å²) in [5.74, 6) is -8.97. The van der Waals surface area contributed by atoms with Crippen LogP contribution in [0.2, 0.25) is 0 Å². The fourth-order valence-corrected chi connectivity index (χ4v) is 8.97. The van der Waals surface area contributed by atoms with Gasteiger partial charge < -0.3 is 10.2 Å². The normalized spacial score (nSPS) is 31.7. The molecule has 8 nitrogen and oxygen atoms in total. The molecule has 240 valence electrons. The number of carbonyl (C=O) groups is 6. The first-order valence-electron chi connectivity index (χ1n) is 16.2. The van der Waals surface area contributed by atoms with Crippen LogP contribution in [0.3, 0.4) is 0 Å². The summed E-state index contributed by atoms with van der Waals surface area (Å²) in [7, 11) is 0. The molecule has 0 bridgehead atoms. The lowest BCUT2D eigenvalue weighted by Gasteiger charge is -2.62. The second-order valence-electron chi connectivity index (χ2n) is 14.8. The number of fused-ring (bicyclic) bond motifs is 3. The Morgan fingerprint density at radius 3 is 2.18 bits per heavy atom. The molecule has 0 spiro atoms. The van der Waals surface area contributed by atoms with Gasteiger partial charge in [0, 0.05) is 24.2 Å². The van der Waals surface area contributed by atoms with Gasteiger partial charge in [-0.15, -0.1) is 0 Å². The number of rotatable bonds is 10. The highest BCUT2D eigenvalue weighted by Gasteiger charge is 2.76. The first kappa shape index (κ1) is 33.9. The van der Waals surface area contributed by atoms with Crippen molar-refractivity contribution in [3.63, 3.8) is 0 Å². The molecule has 2 saturated carbocycles. The van der Waals surface area contributed by atoms with E-state index in [1.165, 1.54) is 0 Å². The summed E-state index contributed by atoms with van der Waals surface area (Å²) >= 11 is 0. The van der Waals surface area contributed by atoms with E-state index in [4.69, 9.17) is 0 Å². The molecule has 3 aliphatic carbocycles. The van der Waals surface area contributed by atoms with E-state index < -0.39 is 69.0 Å². The van der Waals surface area contributed by atoms with Crippen LogP contribution in [0, 0.1) is 34.5 Å². The van der Waals surface area contributed by atoms with E-state index in [2.05, 4.69) is 6.92 Å². The Balaban J connectivity index is 1.86. The Morgan fingerprint density at radius 1 is 1.00 bits per heavy atom. The number of Topliss-reactive ketones (excluding diaryl/α,β-unsaturated/α-hetero) is 6. The Labute approximate surface area is 260 Å². The minimum atomic E-state index is -2.72. The van der Waals surface area contributed by atoms with Gasteiger partial charge in [0.1, 0.15) is 23.2 Å². The number of aliphatic hydroxyl groups is 1. The minimum absolute atomic E-state index is 0.00974. The predicted octanol–water partition coefficient (Wildman–Crippen LogP) is 5.30. The SMILES string of the molecule is CCCCCC(=O)CCc1cc(C(C)C)c2c(c1O)C(=O)C1C(=O)[C@@]3(O)C(=O)C(C(C)=O)C(=O)C(C(C)C)[C@@]3(C)C[C@@]1(C)C2. The number of phenols is 1. The van der Waals surface area contributed by atoms with E-state index in [9.17, 15) is 39.0 Å². The van der Waals surface area contributed by atoms with Gasteiger partial charge in [0.05, 0.1) is 11.5 Å². The predicted molar refractivity (Wildman–Crippen MR) is 164 cm³/mol. The molecule has 0 aliphatic heterocycles. The van der Waals surface area contributed by atoms with Gasteiger partial charge in [-0.1, -0.05) is 67.4 Å². The number of aryl methyl sites for hydroxylation is 1. The molecule has 0 amide bonds. The summed E-state index contributed by atoms with van der Waals surface area (Å²) < 4.78 is 0. The molecule has 1 aromatic rings. The van der Waals surface area contributed by atoms with Crippen LogP contribution >= 0.6 is 0 Å². The van der Waals surface area contributed by atoms with Gasteiger partial charge in [-0.25, -0.2) is 0 Å². The second-order valence-corrected chi connectivity index (χ2v) is 14.8.